The summed E-state index contributed by atoms with van der Waals surface area (Å²) in [5.41, 5.74) is 1.60. The molecule has 0 unspecified atom stereocenters. The zero-order chi connectivity index (χ0) is 14.7. The van der Waals surface area contributed by atoms with Gasteiger partial charge in [0.15, 0.2) is 0 Å². The molecule has 2 N–H and O–H groups in total. The number of hydrogen-bond acceptors (Lipinski definition) is 4. The fraction of sp³-hybridized carbons (Fsp3) is 0.125. The first kappa shape index (κ1) is 13.3. The number of pyridine rings is 1. The van der Waals surface area contributed by atoms with Crippen molar-refractivity contribution in [3.8, 4) is 0 Å². The van der Waals surface area contributed by atoms with Crippen LogP contribution in [0, 0.1) is 0 Å². The van der Waals surface area contributed by atoms with Crippen LogP contribution >= 0.6 is 0 Å². The molecule has 0 aliphatic rings. The molecule has 0 saturated carbocycles. The molecule has 0 aliphatic heterocycles. The minimum Gasteiger partial charge on any atom is -0.467 e. The van der Waals surface area contributed by atoms with E-state index in [4.69, 9.17) is 4.42 Å². The van der Waals surface area contributed by atoms with E-state index < -0.39 is 0 Å². The number of aromatic nitrogens is 1. The van der Waals surface area contributed by atoms with Crippen LogP contribution in [0.1, 0.15) is 21.7 Å². The van der Waals surface area contributed by atoms with Gasteiger partial charge in [-0.15, -0.1) is 0 Å². The number of benzene rings is 1. The van der Waals surface area contributed by atoms with Crippen LogP contribution in [-0.2, 0) is 13.2 Å². The lowest BCUT2D eigenvalue weighted by Crippen LogP contribution is -2.24. The zero-order valence-electron chi connectivity index (χ0n) is 11.2. The van der Waals surface area contributed by atoms with E-state index in [9.17, 15) is 9.90 Å². The Morgan fingerprint density at radius 1 is 1.24 bits per heavy atom. The van der Waals surface area contributed by atoms with Crippen molar-refractivity contribution >= 4 is 16.8 Å². The van der Waals surface area contributed by atoms with Crippen LogP contribution in [-0.4, -0.2) is 16.0 Å². The van der Waals surface area contributed by atoms with Gasteiger partial charge in [0, 0.05) is 22.7 Å². The highest BCUT2D eigenvalue weighted by Gasteiger charge is 2.14. The number of aliphatic hydroxyl groups is 1. The summed E-state index contributed by atoms with van der Waals surface area (Å²) in [4.78, 5) is 16.5. The summed E-state index contributed by atoms with van der Waals surface area (Å²) < 4.78 is 5.17. The maximum Gasteiger partial charge on any atom is 0.252 e. The van der Waals surface area contributed by atoms with Gasteiger partial charge in [-0.2, -0.15) is 0 Å². The van der Waals surface area contributed by atoms with Crippen LogP contribution in [0.3, 0.4) is 0 Å². The average Bonchev–Trinajstić information content (AvgIpc) is 3.04. The molecule has 3 aromatic rings. The van der Waals surface area contributed by atoms with E-state index in [1.807, 2.05) is 18.2 Å². The topological polar surface area (TPSA) is 75.4 Å². The molecule has 0 spiro atoms. The predicted octanol–water partition coefficient (Wildman–Crippen LogP) is 2.25. The van der Waals surface area contributed by atoms with E-state index in [-0.39, 0.29) is 12.5 Å². The molecule has 3 rings (SSSR count). The molecule has 2 heterocycles. The van der Waals surface area contributed by atoms with Gasteiger partial charge in [-0.3, -0.25) is 9.78 Å². The molecule has 0 saturated heterocycles. The number of furan rings is 1. The minimum atomic E-state index is -0.261. The summed E-state index contributed by atoms with van der Waals surface area (Å²) in [6.07, 6.45) is 3.20. The van der Waals surface area contributed by atoms with E-state index in [2.05, 4.69) is 10.3 Å². The Morgan fingerprint density at radius 2 is 2.14 bits per heavy atom. The second-order valence-electron chi connectivity index (χ2n) is 4.59. The highest BCUT2D eigenvalue weighted by Crippen LogP contribution is 2.20. The molecule has 0 radical (unpaired) electrons. The van der Waals surface area contributed by atoms with Crippen molar-refractivity contribution in [3.05, 3.63) is 65.7 Å². The van der Waals surface area contributed by atoms with Crippen molar-refractivity contribution in [2.75, 3.05) is 0 Å². The molecule has 106 valence electrons. The Morgan fingerprint density at radius 3 is 2.90 bits per heavy atom. The van der Waals surface area contributed by atoms with Crippen LogP contribution in [0.5, 0.6) is 0 Å². The number of amides is 1. The lowest BCUT2D eigenvalue weighted by atomic mass is 10.0. The third kappa shape index (κ3) is 2.64. The molecular formula is C16H14N2O3. The third-order valence-electron chi connectivity index (χ3n) is 3.29. The first-order valence-electron chi connectivity index (χ1n) is 6.57. The fourth-order valence-electron chi connectivity index (χ4n) is 2.25. The number of aliphatic hydroxyl groups excluding tert-OH is 1. The molecule has 0 atom stereocenters. The summed E-state index contributed by atoms with van der Waals surface area (Å²) in [5.74, 6) is 0.413. The summed E-state index contributed by atoms with van der Waals surface area (Å²) in [5, 5.41) is 13.2. The van der Waals surface area contributed by atoms with Crippen molar-refractivity contribution < 1.29 is 14.3 Å². The van der Waals surface area contributed by atoms with E-state index in [0.717, 1.165) is 5.39 Å². The minimum absolute atomic E-state index is 0.238. The highest BCUT2D eigenvalue weighted by molar-refractivity contribution is 6.00. The van der Waals surface area contributed by atoms with Gasteiger partial charge in [0.25, 0.3) is 5.91 Å². The summed E-state index contributed by atoms with van der Waals surface area (Å²) in [7, 11) is 0. The number of fused-ring (bicyclic) bond motifs is 1. The molecule has 2 aromatic heterocycles. The Hall–Kier alpha value is -2.66. The monoisotopic (exact) mass is 282 g/mol. The van der Waals surface area contributed by atoms with Crippen molar-refractivity contribution in [1.82, 2.24) is 10.3 Å². The Kier molecular flexibility index (Phi) is 3.66. The zero-order valence-corrected chi connectivity index (χ0v) is 11.2. The van der Waals surface area contributed by atoms with Gasteiger partial charge in [-0.05, 0) is 24.3 Å². The number of nitrogens with zero attached hydrogens (tertiary/aromatic N) is 1. The Balaban J connectivity index is 1.90. The smallest absolute Gasteiger partial charge is 0.252 e. The van der Waals surface area contributed by atoms with Crippen LogP contribution in [0.4, 0.5) is 0 Å². The van der Waals surface area contributed by atoms with Crippen molar-refractivity contribution in [2.24, 2.45) is 0 Å². The summed E-state index contributed by atoms with van der Waals surface area (Å²) in [6.45, 7) is 0.0643. The van der Waals surface area contributed by atoms with Crippen molar-refractivity contribution in [2.45, 2.75) is 13.2 Å². The maximum atomic E-state index is 12.3. The molecule has 0 bridgehead atoms. The third-order valence-corrected chi connectivity index (χ3v) is 3.29. The molecule has 1 amide bonds. The molecule has 5 nitrogen and oxygen atoms in total. The second-order valence-corrected chi connectivity index (χ2v) is 4.59. The largest absolute Gasteiger partial charge is 0.467 e. The van der Waals surface area contributed by atoms with Crippen molar-refractivity contribution in [1.29, 1.82) is 0 Å². The molecular weight excluding hydrogens is 268 g/mol. The van der Waals surface area contributed by atoms with Crippen LogP contribution in [0.2, 0.25) is 0 Å². The molecule has 1 aromatic carbocycles. The lowest BCUT2D eigenvalue weighted by Gasteiger charge is -2.10. The van der Waals surface area contributed by atoms with Crippen molar-refractivity contribution in [3.63, 3.8) is 0 Å². The van der Waals surface area contributed by atoms with Gasteiger partial charge in [0.1, 0.15) is 5.76 Å². The first-order chi connectivity index (χ1) is 10.3. The number of rotatable bonds is 4. The standard InChI is InChI=1S/C16H14N2O3/c19-10-14-13(6-5-11-3-1-7-17-15(11)14)16(20)18-9-12-4-2-8-21-12/h1-8,19H,9-10H2,(H,18,20). The van der Waals surface area contributed by atoms with Crippen LogP contribution < -0.4 is 5.32 Å². The van der Waals surface area contributed by atoms with Gasteiger partial charge in [0.2, 0.25) is 0 Å². The van der Waals surface area contributed by atoms with E-state index in [1.165, 1.54) is 0 Å². The average molecular weight is 282 g/mol. The SMILES string of the molecule is O=C(NCc1ccco1)c1ccc2cccnc2c1CO. The van der Waals surface area contributed by atoms with Crippen LogP contribution in [0.15, 0.2) is 53.3 Å². The van der Waals surface area contributed by atoms with Gasteiger partial charge in [-0.1, -0.05) is 12.1 Å². The number of carbonyl (C=O) groups is 1. The molecule has 5 heteroatoms. The molecule has 0 aliphatic carbocycles. The fourth-order valence-corrected chi connectivity index (χ4v) is 2.25. The van der Waals surface area contributed by atoms with Crippen LogP contribution in [0.25, 0.3) is 10.9 Å². The van der Waals surface area contributed by atoms with E-state index in [0.29, 0.717) is 28.9 Å². The lowest BCUT2D eigenvalue weighted by molar-refractivity contribution is 0.0945. The first-order valence-corrected chi connectivity index (χ1v) is 6.57. The Bertz CT molecular complexity index is 766. The maximum absolute atomic E-state index is 12.3. The van der Waals surface area contributed by atoms with Gasteiger partial charge >= 0.3 is 0 Å². The molecule has 0 fully saturated rings. The molecule has 21 heavy (non-hydrogen) atoms. The van der Waals surface area contributed by atoms with E-state index in [1.54, 1.807) is 30.7 Å². The normalized spacial score (nSPS) is 10.7. The number of carbonyl (C=O) groups excluding carboxylic acids is 1. The summed E-state index contributed by atoms with van der Waals surface area (Å²) >= 11 is 0. The number of nitrogens with one attached hydrogen (secondary N) is 1. The summed E-state index contributed by atoms with van der Waals surface area (Å²) in [6, 6.07) is 10.8. The quantitative estimate of drug-likeness (QED) is 0.769. The second kappa shape index (κ2) is 5.76. The van der Waals surface area contributed by atoms with E-state index >= 15 is 0 Å². The van der Waals surface area contributed by atoms with Gasteiger partial charge in [0.05, 0.1) is 24.9 Å². The predicted molar refractivity (Wildman–Crippen MR) is 77.5 cm³/mol. The number of hydrogen-bond donors (Lipinski definition) is 2. The van der Waals surface area contributed by atoms with Gasteiger partial charge < -0.3 is 14.8 Å². The Labute approximate surface area is 121 Å². The highest BCUT2D eigenvalue weighted by atomic mass is 16.3. The van der Waals surface area contributed by atoms with Gasteiger partial charge in [-0.25, -0.2) is 0 Å².